The van der Waals surface area contributed by atoms with Crippen LogP contribution in [0.2, 0.25) is 0 Å². The number of halogens is 2. The number of aromatic amines is 1. The van der Waals surface area contributed by atoms with E-state index in [0.29, 0.717) is 10.6 Å². The van der Waals surface area contributed by atoms with Gasteiger partial charge in [-0.2, -0.15) is 5.10 Å². The van der Waals surface area contributed by atoms with Gasteiger partial charge >= 0.3 is 0 Å². The summed E-state index contributed by atoms with van der Waals surface area (Å²) in [6.07, 6.45) is 0. The molecular formula is C8H6BrIN4S. The SMILES string of the molecule is Nn1c(-c2cc(I)ccc2Br)n[nH]c1=S. The van der Waals surface area contributed by atoms with Gasteiger partial charge in [0.25, 0.3) is 0 Å². The van der Waals surface area contributed by atoms with Crippen molar-refractivity contribution in [3.63, 3.8) is 0 Å². The van der Waals surface area contributed by atoms with Crippen LogP contribution in [0.5, 0.6) is 0 Å². The van der Waals surface area contributed by atoms with Crippen molar-refractivity contribution in [3.8, 4) is 11.4 Å². The number of aromatic nitrogens is 3. The quantitative estimate of drug-likeness (QED) is 0.442. The number of nitrogens with one attached hydrogen (secondary N) is 1. The Kier molecular flexibility index (Phi) is 3.12. The molecule has 0 fully saturated rings. The largest absolute Gasteiger partial charge is 0.335 e. The summed E-state index contributed by atoms with van der Waals surface area (Å²) in [5.41, 5.74) is 0.914. The molecule has 0 aliphatic carbocycles. The molecule has 0 aliphatic rings. The van der Waals surface area contributed by atoms with Crippen molar-refractivity contribution in [1.82, 2.24) is 14.9 Å². The van der Waals surface area contributed by atoms with E-state index in [0.717, 1.165) is 13.6 Å². The zero-order valence-corrected chi connectivity index (χ0v) is 11.9. The van der Waals surface area contributed by atoms with Gasteiger partial charge in [0.05, 0.1) is 0 Å². The van der Waals surface area contributed by atoms with E-state index in [1.165, 1.54) is 4.68 Å². The minimum atomic E-state index is 0.399. The molecule has 4 nitrogen and oxygen atoms in total. The van der Waals surface area contributed by atoms with E-state index in [4.69, 9.17) is 18.1 Å². The smallest absolute Gasteiger partial charge is 0.214 e. The summed E-state index contributed by atoms with van der Waals surface area (Å²) in [4.78, 5) is 0. The Morgan fingerprint density at radius 3 is 2.87 bits per heavy atom. The van der Waals surface area contributed by atoms with Crippen LogP contribution in [0.1, 0.15) is 0 Å². The maximum absolute atomic E-state index is 5.75. The summed E-state index contributed by atoms with van der Waals surface area (Å²) in [6.45, 7) is 0. The molecule has 3 N–H and O–H groups in total. The minimum absolute atomic E-state index is 0.399. The Labute approximate surface area is 113 Å². The fourth-order valence-corrected chi connectivity index (χ4v) is 2.21. The topological polar surface area (TPSA) is 59.6 Å². The first kappa shape index (κ1) is 11.1. The highest BCUT2D eigenvalue weighted by Gasteiger charge is 2.10. The van der Waals surface area contributed by atoms with Gasteiger partial charge in [-0.15, -0.1) is 0 Å². The molecule has 2 aromatic rings. The number of hydrogen-bond donors (Lipinski definition) is 2. The Bertz CT molecular complexity index is 562. The second-order valence-corrected chi connectivity index (χ2v) is 5.33. The van der Waals surface area contributed by atoms with E-state index in [-0.39, 0.29) is 0 Å². The lowest BCUT2D eigenvalue weighted by Crippen LogP contribution is -2.10. The second kappa shape index (κ2) is 4.22. The molecule has 0 bridgehead atoms. The molecule has 0 saturated carbocycles. The number of benzene rings is 1. The minimum Gasteiger partial charge on any atom is -0.335 e. The molecule has 7 heteroatoms. The molecule has 1 aromatic heterocycles. The lowest BCUT2D eigenvalue weighted by Gasteiger charge is -2.03. The third-order valence-electron chi connectivity index (χ3n) is 1.87. The first-order valence-corrected chi connectivity index (χ1v) is 6.25. The monoisotopic (exact) mass is 396 g/mol. The van der Waals surface area contributed by atoms with Crippen molar-refractivity contribution in [2.24, 2.45) is 0 Å². The lowest BCUT2D eigenvalue weighted by atomic mass is 10.2. The summed E-state index contributed by atoms with van der Waals surface area (Å²) < 4.78 is 3.80. The van der Waals surface area contributed by atoms with Crippen LogP contribution >= 0.6 is 50.7 Å². The molecule has 15 heavy (non-hydrogen) atoms. The first-order valence-electron chi connectivity index (χ1n) is 3.97. The van der Waals surface area contributed by atoms with Gasteiger partial charge in [-0.05, 0) is 53.0 Å². The van der Waals surface area contributed by atoms with Gasteiger partial charge in [-0.25, -0.2) is 9.77 Å². The first-order chi connectivity index (χ1) is 7.09. The van der Waals surface area contributed by atoms with Gasteiger partial charge in [0.2, 0.25) is 4.77 Å². The summed E-state index contributed by atoms with van der Waals surface area (Å²) in [7, 11) is 0. The zero-order valence-electron chi connectivity index (χ0n) is 7.37. The van der Waals surface area contributed by atoms with E-state index in [1.54, 1.807) is 0 Å². The molecule has 1 aromatic carbocycles. The van der Waals surface area contributed by atoms with Gasteiger partial charge in [0.15, 0.2) is 5.82 Å². The Hall–Kier alpha value is -0.410. The summed E-state index contributed by atoms with van der Waals surface area (Å²) >= 11 is 10.6. The number of H-pyrrole nitrogens is 1. The van der Waals surface area contributed by atoms with Crippen LogP contribution in [0.4, 0.5) is 0 Å². The lowest BCUT2D eigenvalue weighted by molar-refractivity contribution is 0.983. The molecule has 0 spiro atoms. The average molecular weight is 397 g/mol. The molecule has 0 aliphatic heterocycles. The van der Waals surface area contributed by atoms with Gasteiger partial charge < -0.3 is 5.84 Å². The van der Waals surface area contributed by atoms with Crippen molar-refractivity contribution in [2.45, 2.75) is 0 Å². The van der Waals surface area contributed by atoms with Crippen molar-refractivity contribution in [3.05, 3.63) is 31.0 Å². The Balaban J connectivity index is 2.68. The van der Waals surface area contributed by atoms with Crippen molar-refractivity contribution in [1.29, 1.82) is 0 Å². The predicted octanol–water partition coefficient (Wildman–Crippen LogP) is 2.69. The normalized spacial score (nSPS) is 10.5. The number of hydrogen-bond acceptors (Lipinski definition) is 3. The van der Waals surface area contributed by atoms with Crippen molar-refractivity contribution < 1.29 is 0 Å². The van der Waals surface area contributed by atoms with E-state index >= 15 is 0 Å². The van der Waals surface area contributed by atoms with E-state index in [9.17, 15) is 0 Å². The number of nitrogens with zero attached hydrogens (tertiary/aromatic N) is 2. The molecule has 1 heterocycles. The number of rotatable bonds is 1. The standard InChI is InChI=1S/C8H6BrIN4S/c9-6-2-1-4(10)3-5(6)7-12-13-8(15)14(7)11/h1-3H,11H2,(H,13,15). The zero-order chi connectivity index (χ0) is 11.0. The average Bonchev–Trinajstić information content (AvgIpc) is 2.52. The highest BCUT2D eigenvalue weighted by atomic mass is 127. The fourth-order valence-electron chi connectivity index (χ4n) is 1.16. The second-order valence-electron chi connectivity index (χ2n) is 2.85. The third-order valence-corrected chi connectivity index (χ3v) is 3.52. The highest BCUT2D eigenvalue weighted by Crippen LogP contribution is 2.27. The molecule has 2 rings (SSSR count). The molecular weight excluding hydrogens is 391 g/mol. The number of nitrogen functional groups attached to an aromatic ring is 1. The van der Waals surface area contributed by atoms with Crippen LogP contribution in [0, 0.1) is 8.34 Å². The Morgan fingerprint density at radius 1 is 1.53 bits per heavy atom. The van der Waals surface area contributed by atoms with Crippen LogP contribution in [0.3, 0.4) is 0 Å². The molecule has 78 valence electrons. The van der Waals surface area contributed by atoms with Crippen LogP contribution in [0.25, 0.3) is 11.4 Å². The van der Waals surface area contributed by atoms with E-state index in [2.05, 4.69) is 48.7 Å². The summed E-state index contributed by atoms with van der Waals surface area (Å²) in [6, 6.07) is 5.93. The molecule has 0 amide bonds. The van der Waals surface area contributed by atoms with E-state index in [1.807, 2.05) is 18.2 Å². The Morgan fingerprint density at radius 2 is 2.27 bits per heavy atom. The van der Waals surface area contributed by atoms with Gasteiger partial charge in [0.1, 0.15) is 0 Å². The van der Waals surface area contributed by atoms with E-state index < -0.39 is 0 Å². The van der Waals surface area contributed by atoms with Crippen LogP contribution in [-0.4, -0.2) is 14.9 Å². The fraction of sp³-hybridized carbons (Fsp3) is 0. The summed E-state index contributed by atoms with van der Waals surface area (Å²) in [5, 5.41) is 6.72. The van der Waals surface area contributed by atoms with Crippen LogP contribution in [0.15, 0.2) is 22.7 Å². The van der Waals surface area contributed by atoms with Gasteiger partial charge in [-0.1, -0.05) is 15.9 Å². The maximum atomic E-state index is 5.75. The number of nitrogens with two attached hydrogens (primary N) is 1. The van der Waals surface area contributed by atoms with Crippen molar-refractivity contribution in [2.75, 3.05) is 5.84 Å². The molecule has 0 radical (unpaired) electrons. The van der Waals surface area contributed by atoms with Gasteiger partial charge in [-0.3, -0.25) is 0 Å². The van der Waals surface area contributed by atoms with Crippen molar-refractivity contribution >= 4 is 50.7 Å². The molecule has 0 atom stereocenters. The predicted molar refractivity (Wildman–Crippen MR) is 73.4 cm³/mol. The van der Waals surface area contributed by atoms with Gasteiger partial charge in [0, 0.05) is 13.6 Å². The third kappa shape index (κ3) is 2.08. The summed E-state index contributed by atoms with van der Waals surface area (Å²) in [5.74, 6) is 6.37. The maximum Gasteiger partial charge on any atom is 0.214 e. The molecule has 0 unspecified atom stereocenters. The molecule has 0 saturated heterocycles. The highest BCUT2D eigenvalue weighted by molar-refractivity contribution is 14.1. The van der Waals surface area contributed by atoms with Crippen LogP contribution < -0.4 is 5.84 Å². The van der Waals surface area contributed by atoms with Crippen LogP contribution in [-0.2, 0) is 0 Å².